The van der Waals surface area contributed by atoms with Crippen LogP contribution in [0.3, 0.4) is 0 Å². The Balaban J connectivity index is 2.23. The first-order valence-corrected chi connectivity index (χ1v) is 3.99. The van der Waals surface area contributed by atoms with Gasteiger partial charge in [0.15, 0.2) is 0 Å². The van der Waals surface area contributed by atoms with Crippen LogP contribution >= 0.6 is 0 Å². The fourth-order valence-electron chi connectivity index (χ4n) is 1.01. The number of hydrogen-bond donors (Lipinski definition) is 0. The number of nitrogens with zero attached hydrogens (tertiary/aromatic N) is 2. The summed E-state index contributed by atoms with van der Waals surface area (Å²) in [6.07, 6.45) is 5.82. The van der Waals surface area contributed by atoms with Crippen LogP contribution in [0.4, 0.5) is 0 Å². The van der Waals surface area contributed by atoms with Gasteiger partial charge in [0.05, 0.1) is 6.20 Å². The SMILES string of the molecule is CCCCCC1=CN=NC1=O. The molecule has 1 aliphatic rings. The lowest BCUT2D eigenvalue weighted by Crippen LogP contribution is -1.93. The summed E-state index contributed by atoms with van der Waals surface area (Å²) in [5.74, 6) is -0.152. The molecule has 0 saturated heterocycles. The van der Waals surface area contributed by atoms with E-state index < -0.39 is 0 Å². The van der Waals surface area contributed by atoms with Crippen molar-refractivity contribution < 1.29 is 4.79 Å². The van der Waals surface area contributed by atoms with Gasteiger partial charge in [-0.1, -0.05) is 19.8 Å². The van der Waals surface area contributed by atoms with E-state index in [-0.39, 0.29) is 5.91 Å². The van der Waals surface area contributed by atoms with Crippen molar-refractivity contribution in [1.29, 1.82) is 0 Å². The molecule has 0 fully saturated rings. The Morgan fingerprint density at radius 2 is 2.27 bits per heavy atom. The second-order valence-electron chi connectivity index (χ2n) is 2.63. The quantitative estimate of drug-likeness (QED) is 0.570. The third-order valence-electron chi connectivity index (χ3n) is 1.69. The predicted molar refractivity (Wildman–Crippen MR) is 42.1 cm³/mol. The molecule has 0 unspecified atom stereocenters. The lowest BCUT2D eigenvalue weighted by atomic mass is 10.1. The molecule has 0 saturated carbocycles. The summed E-state index contributed by atoms with van der Waals surface area (Å²) in [7, 11) is 0. The number of carbonyl (C=O) groups excluding carboxylic acids is 1. The molecule has 1 rings (SSSR count). The van der Waals surface area contributed by atoms with E-state index in [1.54, 1.807) is 6.20 Å². The maximum atomic E-state index is 10.8. The van der Waals surface area contributed by atoms with Gasteiger partial charge in [-0.05, 0) is 12.8 Å². The Labute approximate surface area is 66.2 Å². The molecule has 0 aromatic rings. The predicted octanol–water partition coefficient (Wildman–Crippen LogP) is 2.44. The van der Waals surface area contributed by atoms with Crippen molar-refractivity contribution in [2.24, 2.45) is 10.2 Å². The van der Waals surface area contributed by atoms with Crippen molar-refractivity contribution in [2.45, 2.75) is 32.6 Å². The van der Waals surface area contributed by atoms with Gasteiger partial charge in [-0.2, -0.15) is 5.11 Å². The van der Waals surface area contributed by atoms with E-state index in [1.165, 1.54) is 12.8 Å². The molecule has 60 valence electrons. The topological polar surface area (TPSA) is 41.8 Å². The molecule has 3 heteroatoms. The van der Waals surface area contributed by atoms with Gasteiger partial charge < -0.3 is 0 Å². The smallest absolute Gasteiger partial charge is 0.265 e. The van der Waals surface area contributed by atoms with Gasteiger partial charge in [0, 0.05) is 5.57 Å². The van der Waals surface area contributed by atoms with Crippen LogP contribution in [0.15, 0.2) is 22.0 Å². The van der Waals surface area contributed by atoms with E-state index in [1.807, 2.05) is 0 Å². The van der Waals surface area contributed by atoms with Crippen LogP contribution in [0.5, 0.6) is 0 Å². The molecule has 0 N–H and O–H groups in total. The first kappa shape index (κ1) is 8.11. The van der Waals surface area contributed by atoms with Crippen molar-refractivity contribution in [3.8, 4) is 0 Å². The Morgan fingerprint density at radius 1 is 1.45 bits per heavy atom. The summed E-state index contributed by atoms with van der Waals surface area (Å²) in [5.41, 5.74) is 0.762. The van der Waals surface area contributed by atoms with Crippen LogP contribution in [0.25, 0.3) is 0 Å². The highest BCUT2D eigenvalue weighted by Crippen LogP contribution is 2.14. The lowest BCUT2D eigenvalue weighted by molar-refractivity contribution is -0.114. The zero-order valence-electron chi connectivity index (χ0n) is 6.71. The van der Waals surface area contributed by atoms with E-state index in [0.29, 0.717) is 0 Å². The highest BCUT2D eigenvalue weighted by molar-refractivity contribution is 5.95. The van der Waals surface area contributed by atoms with Crippen LogP contribution in [-0.2, 0) is 4.79 Å². The molecule has 1 aliphatic heterocycles. The molecule has 0 bridgehead atoms. The summed E-state index contributed by atoms with van der Waals surface area (Å²) in [6.45, 7) is 2.14. The van der Waals surface area contributed by atoms with E-state index in [9.17, 15) is 4.79 Å². The number of carbonyl (C=O) groups is 1. The summed E-state index contributed by atoms with van der Waals surface area (Å²) in [5, 5.41) is 6.93. The molecule has 0 atom stereocenters. The molecule has 0 spiro atoms. The third-order valence-corrected chi connectivity index (χ3v) is 1.69. The number of unbranched alkanes of at least 4 members (excludes halogenated alkanes) is 2. The molecular weight excluding hydrogens is 140 g/mol. The monoisotopic (exact) mass is 152 g/mol. The average molecular weight is 152 g/mol. The first-order valence-electron chi connectivity index (χ1n) is 3.99. The fourth-order valence-corrected chi connectivity index (χ4v) is 1.01. The second-order valence-corrected chi connectivity index (χ2v) is 2.63. The van der Waals surface area contributed by atoms with E-state index in [4.69, 9.17) is 0 Å². The van der Waals surface area contributed by atoms with Crippen molar-refractivity contribution in [3.05, 3.63) is 11.8 Å². The molecule has 1 amide bonds. The minimum Gasteiger partial charge on any atom is -0.265 e. The minimum absolute atomic E-state index is 0.152. The fraction of sp³-hybridized carbons (Fsp3) is 0.625. The number of hydrogen-bond acceptors (Lipinski definition) is 2. The molecular formula is C8H12N2O. The van der Waals surface area contributed by atoms with Crippen molar-refractivity contribution >= 4 is 5.91 Å². The zero-order valence-corrected chi connectivity index (χ0v) is 6.71. The van der Waals surface area contributed by atoms with Gasteiger partial charge in [-0.15, -0.1) is 5.11 Å². The second kappa shape index (κ2) is 4.01. The van der Waals surface area contributed by atoms with Crippen molar-refractivity contribution in [1.82, 2.24) is 0 Å². The lowest BCUT2D eigenvalue weighted by Gasteiger charge is -1.95. The summed E-state index contributed by atoms with van der Waals surface area (Å²) in [6, 6.07) is 0. The van der Waals surface area contributed by atoms with Crippen LogP contribution in [-0.4, -0.2) is 5.91 Å². The molecule has 0 aromatic carbocycles. The maximum absolute atomic E-state index is 10.8. The summed E-state index contributed by atoms with van der Waals surface area (Å²) < 4.78 is 0. The van der Waals surface area contributed by atoms with E-state index >= 15 is 0 Å². The largest absolute Gasteiger partial charge is 0.292 e. The van der Waals surface area contributed by atoms with Gasteiger partial charge in [-0.25, -0.2) is 0 Å². The van der Waals surface area contributed by atoms with Gasteiger partial charge >= 0.3 is 0 Å². The molecule has 1 heterocycles. The van der Waals surface area contributed by atoms with Crippen LogP contribution in [0, 0.1) is 0 Å². The standard InChI is InChI=1S/C8H12N2O/c1-2-3-4-5-7-6-9-10-8(7)11/h6H,2-5H2,1H3. The zero-order chi connectivity index (χ0) is 8.10. The number of azo groups is 1. The van der Waals surface area contributed by atoms with Crippen molar-refractivity contribution in [3.63, 3.8) is 0 Å². The number of amides is 1. The molecule has 3 nitrogen and oxygen atoms in total. The van der Waals surface area contributed by atoms with Crippen LogP contribution in [0.2, 0.25) is 0 Å². The summed E-state index contributed by atoms with van der Waals surface area (Å²) in [4.78, 5) is 10.8. The van der Waals surface area contributed by atoms with Gasteiger partial charge in [0.25, 0.3) is 5.91 Å². The highest BCUT2D eigenvalue weighted by atomic mass is 16.2. The maximum Gasteiger partial charge on any atom is 0.292 e. The van der Waals surface area contributed by atoms with Crippen LogP contribution < -0.4 is 0 Å². The van der Waals surface area contributed by atoms with Gasteiger partial charge in [0.2, 0.25) is 0 Å². The molecule has 0 radical (unpaired) electrons. The molecule has 0 aromatic heterocycles. The third kappa shape index (κ3) is 2.26. The summed E-state index contributed by atoms with van der Waals surface area (Å²) >= 11 is 0. The molecule has 0 aliphatic carbocycles. The van der Waals surface area contributed by atoms with Gasteiger partial charge in [0.1, 0.15) is 0 Å². The Hall–Kier alpha value is -0.990. The average Bonchev–Trinajstić information content (AvgIpc) is 2.37. The van der Waals surface area contributed by atoms with Crippen LogP contribution in [0.1, 0.15) is 32.6 Å². The normalized spacial score (nSPS) is 15.7. The Morgan fingerprint density at radius 3 is 2.82 bits per heavy atom. The highest BCUT2D eigenvalue weighted by Gasteiger charge is 2.11. The van der Waals surface area contributed by atoms with E-state index in [0.717, 1.165) is 18.4 Å². The van der Waals surface area contributed by atoms with Crippen molar-refractivity contribution in [2.75, 3.05) is 0 Å². The Bertz CT molecular complexity index is 206. The number of rotatable bonds is 4. The first-order chi connectivity index (χ1) is 5.34. The minimum atomic E-state index is -0.152. The van der Waals surface area contributed by atoms with Gasteiger partial charge in [-0.3, -0.25) is 4.79 Å². The Kier molecular flexibility index (Phi) is 2.95. The van der Waals surface area contributed by atoms with E-state index in [2.05, 4.69) is 17.2 Å². The molecule has 11 heavy (non-hydrogen) atoms.